The molecule has 98 valence electrons. The van der Waals surface area contributed by atoms with E-state index >= 15 is 0 Å². The van der Waals surface area contributed by atoms with Crippen molar-refractivity contribution in [1.29, 1.82) is 0 Å². The van der Waals surface area contributed by atoms with Crippen molar-refractivity contribution < 1.29 is 0 Å². The molecule has 16 heavy (non-hydrogen) atoms. The van der Waals surface area contributed by atoms with Crippen molar-refractivity contribution in [1.82, 2.24) is 0 Å². The third-order valence-corrected chi connectivity index (χ3v) is 3.80. The number of rotatable bonds is 8. The van der Waals surface area contributed by atoms with Gasteiger partial charge in [0.15, 0.2) is 0 Å². The second kappa shape index (κ2) is 8.14. The molecule has 2 atom stereocenters. The first kappa shape index (κ1) is 16.0. The maximum atomic E-state index is 2.42. The van der Waals surface area contributed by atoms with E-state index in [9.17, 15) is 0 Å². The minimum atomic E-state index is 0.841. The molecule has 0 saturated heterocycles. The number of hydrogen-bond donors (Lipinski definition) is 0. The average Bonchev–Trinajstić information content (AvgIpc) is 2.12. The van der Waals surface area contributed by atoms with E-state index in [1.165, 1.54) is 25.7 Å². The zero-order valence-electron chi connectivity index (χ0n) is 12.7. The van der Waals surface area contributed by atoms with Gasteiger partial charge in [-0.15, -0.1) is 0 Å². The van der Waals surface area contributed by atoms with E-state index in [4.69, 9.17) is 0 Å². The van der Waals surface area contributed by atoms with Crippen LogP contribution in [-0.4, -0.2) is 0 Å². The lowest BCUT2D eigenvalue weighted by molar-refractivity contribution is 0.262. The van der Waals surface area contributed by atoms with Crippen LogP contribution in [0.3, 0.4) is 0 Å². The molecule has 0 saturated carbocycles. The van der Waals surface area contributed by atoms with Crippen LogP contribution >= 0.6 is 0 Å². The van der Waals surface area contributed by atoms with Crippen LogP contribution in [-0.2, 0) is 0 Å². The molecule has 0 aliphatic carbocycles. The molecule has 0 aromatic carbocycles. The predicted molar refractivity (Wildman–Crippen MR) is 75.6 cm³/mol. The summed E-state index contributed by atoms with van der Waals surface area (Å²) in [5.41, 5.74) is 0. The lowest BCUT2D eigenvalue weighted by Crippen LogP contribution is -2.14. The molecule has 2 unspecified atom stereocenters. The summed E-state index contributed by atoms with van der Waals surface area (Å²) in [7, 11) is 0. The molecule has 0 aliphatic rings. The fourth-order valence-corrected chi connectivity index (χ4v) is 2.37. The summed E-state index contributed by atoms with van der Waals surface area (Å²) < 4.78 is 0. The Bertz CT molecular complexity index is 155. The molecule has 0 N–H and O–H groups in total. The largest absolute Gasteiger partial charge is 0.0628 e. The van der Waals surface area contributed by atoms with Crippen molar-refractivity contribution in [2.24, 2.45) is 29.6 Å². The molecule has 0 amide bonds. The summed E-state index contributed by atoms with van der Waals surface area (Å²) in [6.07, 6.45) is 5.70. The number of hydrogen-bond acceptors (Lipinski definition) is 0. The van der Waals surface area contributed by atoms with Gasteiger partial charge in [-0.25, -0.2) is 0 Å². The lowest BCUT2D eigenvalue weighted by Gasteiger charge is -2.25. The minimum absolute atomic E-state index is 0.841. The van der Waals surface area contributed by atoms with E-state index < -0.39 is 0 Å². The monoisotopic (exact) mass is 226 g/mol. The molecule has 0 aromatic rings. The predicted octanol–water partition coefficient (Wildman–Crippen LogP) is 5.77. The van der Waals surface area contributed by atoms with Gasteiger partial charge in [0.2, 0.25) is 0 Å². The molecule has 0 radical (unpaired) electrons. The highest BCUT2D eigenvalue weighted by atomic mass is 14.2. The van der Waals surface area contributed by atoms with Crippen molar-refractivity contribution in [2.45, 2.75) is 74.1 Å². The van der Waals surface area contributed by atoms with Crippen LogP contribution in [0.25, 0.3) is 0 Å². The highest BCUT2D eigenvalue weighted by Gasteiger charge is 2.17. The van der Waals surface area contributed by atoms with Gasteiger partial charge in [-0.1, -0.05) is 61.3 Å². The van der Waals surface area contributed by atoms with Crippen molar-refractivity contribution in [2.75, 3.05) is 0 Å². The maximum Gasteiger partial charge on any atom is -0.0409 e. The Labute approximate surface area is 104 Å². The van der Waals surface area contributed by atoms with Crippen LogP contribution in [0.5, 0.6) is 0 Å². The van der Waals surface area contributed by atoms with Gasteiger partial charge in [0, 0.05) is 0 Å². The first-order valence-corrected chi connectivity index (χ1v) is 7.32. The molecular formula is C16H34. The van der Waals surface area contributed by atoms with Crippen LogP contribution in [0.2, 0.25) is 0 Å². The Morgan fingerprint density at radius 3 is 1.56 bits per heavy atom. The van der Waals surface area contributed by atoms with Crippen molar-refractivity contribution >= 4 is 0 Å². The average molecular weight is 226 g/mol. The Hall–Kier alpha value is 0. The van der Waals surface area contributed by atoms with E-state index in [1.54, 1.807) is 0 Å². The van der Waals surface area contributed by atoms with Crippen molar-refractivity contribution in [3.8, 4) is 0 Å². The Balaban J connectivity index is 4.09. The second-order valence-electron chi connectivity index (χ2n) is 6.92. The Kier molecular flexibility index (Phi) is 8.14. The Morgan fingerprint density at radius 2 is 1.19 bits per heavy atom. The molecule has 0 aromatic heterocycles. The van der Waals surface area contributed by atoms with Crippen LogP contribution in [0.1, 0.15) is 74.1 Å². The molecule has 0 fully saturated rings. The molecule has 0 nitrogen and oxygen atoms in total. The van der Waals surface area contributed by atoms with Gasteiger partial charge in [0.25, 0.3) is 0 Å². The molecule has 0 heteroatoms. The molecule has 0 heterocycles. The third-order valence-electron chi connectivity index (χ3n) is 3.80. The summed E-state index contributed by atoms with van der Waals surface area (Å²) in [5, 5.41) is 0. The van der Waals surface area contributed by atoms with Gasteiger partial charge >= 0.3 is 0 Å². The first-order valence-electron chi connectivity index (χ1n) is 7.32. The van der Waals surface area contributed by atoms with Gasteiger partial charge in [0.05, 0.1) is 0 Å². The fraction of sp³-hybridized carbons (Fsp3) is 1.00. The summed E-state index contributed by atoms with van der Waals surface area (Å²) in [5.74, 6) is 4.41. The topological polar surface area (TPSA) is 0 Å². The summed E-state index contributed by atoms with van der Waals surface area (Å²) >= 11 is 0. The highest BCUT2D eigenvalue weighted by Crippen LogP contribution is 2.29. The normalized spacial score (nSPS) is 16.1. The lowest BCUT2D eigenvalue weighted by atomic mass is 9.81. The minimum Gasteiger partial charge on any atom is -0.0628 e. The van der Waals surface area contributed by atoms with Crippen molar-refractivity contribution in [3.05, 3.63) is 0 Å². The van der Waals surface area contributed by atoms with Crippen molar-refractivity contribution in [3.63, 3.8) is 0 Å². The van der Waals surface area contributed by atoms with Gasteiger partial charge in [-0.05, 0) is 42.4 Å². The smallest absolute Gasteiger partial charge is 0.0409 e. The van der Waals surface area contributed by atoms with E-state index in [2.05, 4.69) is 48.5 Å². The molecule has 0 rings (SSSR count). The maximum absolute atomic E-state index is 2.42. The zero-order chi connectivity index (χ0) is 12.7. The third kappa shape index (κ3) is 8.19. The van der Waals surface area contributed by atoms with Gasteiger partial charge < -0.3 is 0 Å². The molecule has 0 spiro atoms. The fourth-order valence-electron chi connectivity index (χ4n) is 2.37. The second-order valence-corrected chi connectivity index (χ2v) is 6.92. The highest BCUT2D eigenvalue weighted by molar-refractivity contribution is 4.68. The van der Waals surface area contributed by atoms with E-state index in [-0.39, 0.29) is 0 Å². The zero-order valence-corrected chi connectivity index (χ0v) is 12.7. The van der Waals surface area contributed by atoms with Crippen LogP contribution in [0.15, 0.2) is 0 Å². The summed E-state index contributed by atoms with van der Waals surface area (Å²) in [6, 6.07) is 0. The molecule has 0 bridgehead atoms. The standard InChI is InChI=1S/C16H34/c1-12(2)8-9-16(10-13(3)4)11-15(7)14(5)6/h12-16H,8-11H2,1-7H3. The Morgan fingerprint density at radius 1 is 0.625 bits per heavy atom. The quantitative estimate of drug-likeness (QED) is 0.493. The van der Waals surface area contributed by atoms with Gasteiger partial charge in [-0.2, -0.15) is 0 Å². The summed E-state index contributed by atoms with van der Waals surface area (Å²) in [4.78, 5) is 0. The van der Waals surface area contributed by atoms with Crippen LogP contribution in [0, 0.1) is 29.6 Å². The van der Waals surface area contributed by atoms with E-state index in [1.807, 2.05) is 0 Å². The van der Waals surface area contributed by atoms with Gasteiger partial charge in [-0.3, -0.25) is 0 Å². The molecule has 0 aliphatic heterocycles. The van der Waals surface area contributed by atoms with Crippen LogP contribution < -0.4 is 0 Å². The van der Waals surface area contributed by atoms with Crippen LogP contribution in [0.4, 0.5) is 0 Å². The van der Waals surface area contributed by atoms with Gasteiger partial charge in [0.1, 0.15) is 0 Å². The van der Waals surface area contributed by atoms with E-state index in [0.29, 0.717) is 0 Å². The molecular weight excluding hydrogens is 192 g/mol. The SMILES string of the molecule is CC(C)CCC(CC(C)C)CC(C)C(C)C. The summed E-state index contributed by atoms with van der Waals surface area (Å²) in [6.45, 7) is 16.6. The van der Waals surface area contributed by atoms with E-state index in [0.717, 1.165) is 29.6 Å². The first-order chi connectivity index (χ1) is 7.32.